The molecule has 4 heteroatoms. The number of anilines is 1. The summed E-state index contributed by atoms with van der Waals surface area (Å²) in [5, 5.41) is 3.41. The molecule has 0 bridgehead atoms. The number of nitrogens with zero attached hydrogens (tertiary/aromatic N) is 1. The van der Waals surface area contributed by atoms with Crippen molar-refractivity contribution in [3.05, 3.63) is 28.2 Å². The van der Waals surface area contributed by atoms with Crippen LogP contribution in [0.2, 0.25) is 0 Å². The maximum absolute atomic E-state index is 5.30. The summed E-state index contributed by atoms with van der Waals surface area (Å²) in [6, 6.07) is 6.92. The van der Waals surface area contributed by atoms with E-state index in [1.165, 1.54) is 15.7 Å². The number of halogens is 1. The first-order valence-electron chi connectivity index (χ1n) is 5.95. The molecule has 2 rings (SSSR count). The highest BCUT2D eigenvalue weighted by molar-refractivity contribution is 9.10. The molecule has 0 amide bonds. The Morgan fingerprint density at radius 3 is 3.06 bits per heavy atom. The molecule has 1 N–H and O–H groups in total. The second-order valence-corrected chi connectivity index (χ2v) is 5.32. The van der Waals surface area contributed by atoms with Gasteiger partial charge in [-0.1, -0.05) is 6.07 Å². The highest BCUT2D eigenvalue weighted by atomic mass is 79.9. The number of hydrogen-bond donors (Lipinski definition) is 1. The zero-order chi connectivity index (χ0) is 12.3. The Morgan fingerprint density at radius 1 is 1.53 bits per heavy atom. The van der Waals surface area contributed by atoms with E-state index in [-0.39, 0.29) is 0 Å². The van der Waals surface area contributed by atoms with E-state index >= 15 is 0 Å². The lowest BCUT2D eigenvalue weighted by Gasteiger charge is -2.38. The third-order valence-electron chi connectivity index (χ3n) is 3.12. The van der Waals surface area contributed by atoms with Crippen molar-refractivity contribution in [3.8, 4) is 0 Å². The fourth-order valence-electron chi connectivity index (χ4n) is 2.26. The minimum atomic E-state index is 0.410. The van der Waals surface area contributed by atoms with E-state index in [1.54, 1.807) is 7.11 Å². The van der Waals surface area contributed by atoms with Gasteiger partial charge in [0.2, 0.25) is 0 Å². The molecule has 1 saturated heterocycles. The Labute approximate surface area is 111 Å². The fourth-order valence-corrected chi connectivity index (χ4v) is 2.99. The van der Waals surface area contributed by atoms with E-state index < -0.39 is 0 Å². The van der Waals surface area contributed by atoms with Gasteiger partial charge in [-0.05, 0) is 40.5 Å². The average Bonchev–Trinajstić information content (AvgIpc) is 2.31. The number of benzene rings is 1. The SMILES string of the molecule is COCC1CNCCN1c1ccc(C)cc1Br. The molecule has 1 aliphatic heterocycles. The average molecular weight is 299 g/mol. The van der Waals surface area contributed by atoms with Crippen molar-refractivity contribution in [1.29, 1.82) is 0 Å². The molecule has 0 radical (unpaired) electrons. The predicted octanol–water partition coefficient (Wildman–Crippen LogP) is 2.18. The van der Waals surface area contributed by atoms with Gasteiger partial charge >= 0.3 is 0 Å². The van der Waals surface area contributed by atoms with Crippen LogP contribution in [0.1, 0.15) is 5.56 Å². The lowest BCUT2D eigenvalue weighted by molar-refractivity contribution is 0.170. The first kappa shape index (κ1) is 12.9. The maximum atomic E-state index is 5.30. The van der Waals surface area contributed by atoms with E-state index in [9.17, 15) is 0 Å². The molecule has 0 saturated carbocycles. The van der Waals surface area contributed by atoms with Crippen molar-refractivity contribution in [2.24, 2.45) is 0 Å². The van der Waals surface area contributed by atoms with E-state index in [4.69, 9.17) is 4.74 Å². The standard InChI is InChI=1S/C13H19BrN2O/c1-10-3-4-13(12(14)7-10)16-6-5-15-8-11(16)9-17-2/h3-4,7,11,15H,5-6,8-9H2,1-2H3. The van der Waals surface area contributed by atoms with Gasteiger partial charge in [0.25, 0.3) is 0 Å². The van der Waals surface area contributed by atoms with Gasteiger partial charge in [0, 0.05) is 31.2 Å². The van der Waals surface area contributed by atoms with Crippen LogP contribution in [-0.2, 0) is 4.74 Å². The Hall–Kier alpha value is -0.580. The lowest BCUT2D eigenvalue weighted by atomic mass is 10.1. The third-order valence-corrected chi connectivity index (χ3v) is 3.76. The van der Waals surface area contributed by atoms with Crippen LogP contribution in [0.4, 0.5) is 5.69 Å². The van der Waals surface area contributed by atoms with Crippen LogP contribution >= 0.6 is 15.9 Å². The number of nitrogens with one attached hydrogen (secondary N) is 1. The zero-order valence-corrected chi connectivity index (χ0v) is 12.0. The Morgan fingerprint density at radius 2 is 2.35 bits per heavy atom. The smallest absolute Gasteiger partial charge is 0.0678 e. The summed E-state index contributed by atoms with van der Waals surface area (Å²) >= 11 is 3.66. The molecule has 1 heterocycles. The van der Waals surface area contributed by atoms with Crippen molar-refractivity contribution >= 4 is 21.6 Å². The highest BCUT2D eigenvalue weighted by Gasteiger charge is 2.23. The molecule has 1 aromatic rings. The van der Waals surface area contributed by atoms with Crippen molar-refractivity contribution in [2.45, 2.75) is 13.0 Å². The minimum Gasteiger partial charge on any atom is -0.383 e. The predicted molar refractivity (Wildman–Crippen MR) is 74.8 cm³/mol. The van der Waals surface area contributed by atoms with E-state index in [2.05, 4.69) is 51.3 Å². The molecule has 1 aromatic carbocycles. The molecule has 1 fully saturated rings. The largest absolute Gasteiger partial charge is 0.383 e. The van der Waals surface area contributed by atoms with Crippen LogP contribution < -0.4 is 10.2 Å². The number of piperazine rings is 1. The van der Waals surface area contributed by atoms with E-state index in [0.717, 1.165) is 26.2 Å². The quantitative estimate of drug-likeness (QED) is 0.926. The summed E-state index contributed by atoms with van der Waals surface area (Å²) in [7, 11) is 1.76. The summed E-state index contributed by atoms with van der Waals surface area (Å²) in [5.41, 5.74) is 2.54. The van der Waals surface area contributed by atoms with Gasteiger partial charge in [-0.25, -0.2) is 0 Å². The first-order valence-corrected chi connectivity index (χ1v) is 6.74. The second-order valence-electron chi connectivity index (χ2n) is 4.46. The Balaban J connectivity index is 2.23. The number of hydrogen-bond acceptors (Lipinski definition) is 3. The molecule has 94 valence electrons. The monoisotopic (exact) mass is 298 g/mol. The summed E-state index contributed by atoms with van der Waals surface area (Å²) in [4.78, 5) is 2.42. The summed E-state index contributed by atoms with van der Waals surface area (Å²) < 4.78 is 6.47. The normalized spacial score (nSPS) is 20.6. The Bertz CT molecular complexity index is 382. The minimum absolute atomic E-state index is 0.410. The van der Waals surface area contributed by atoms with Gasteiger partial charge in [0.1, 0.15) is 0 Å². The van der Waals surface area contributed by atoms with Crippen molar-refractivity contribution in [3.63, 3.8) is 0 Å². The van der Waals surface area contributed by atoms with E-state index in [0.29, 0.717) is 6.04 Å². The first-order chi connectivity index (χ1) is 8.22. The van der Waals surface area contributed by atoms with Crippen LogP contribution in [0.25, 0.3) is 0 Å². The molecular formula is C13H19BrN2O. The Kier molecular flexibility index (Phi) is 4.42. The molecule has 0 spiro atoms. The fraction of sp³-hybridized carbons (Fsp3) is 0.538. The van der Waals surface area contributed by atoms with Gasteiger partial charge in [0.15, 0.2) is 0 Å². The van der Waals surface area contributed by atoms with E-state index in [1.807, 2.05) is 0 Å². The van der Waals surface area contributed by atoms with Crippen LogP contribution in [-0.4, -0.2) is 39.4 Å². The van der Waals surface area contributed by atoms with Gasteiger partial charge < -0.3 is 15.0 Å². The molecule has 3 nitrogen and oxygen atoms in total. The highest BCUT2D eigenvalue weighted by Crippen LogP contribution is 2.29. The second kappa shape index (κ2) is 5.85. The number of rotatable bonds is 3. The van der Waals surface area contributed by atoms with Crippen LogP contribution in [0, 0.1) is 6.92 Å². The molecule has 0 aliphatic carbocycles. The van der Waals surface area contributed by atoms with Crippen LogP contribution in [0.3, 0.4) is 0 Å². The van der Waals surface area contributed by atoms with Crippen molar-refractivity contribution in [1.82, 2.24) is 5.32 Å². The zero-order valence-electron chi connectivity index (χ0n) is 10.4. The molecular weight excluding hydrogens is 280 g/mol. The van der Waals surface area contributed by atoms with Gasteiger partial charge in [-0.15, -0.1) is 0 Å². The molecule has 0 aromatic heterocycles. The summed E-state index contributed by atoms with van der Waals surface area (Å²) in [6.07, 6.45) is 0. The molecule has 1 atom stereocenters. The van der Waals surface area contributed by atoms with Crippen LogP contribution in [0.15, 0.2) is 22.7 Å². The lowest BCUT2D eigenvalue weighted by Crippen LogP contribution is -2.53. The molecule has 17 heavy (non-hydrogen) atoms. The van der Waals surface area contributed by atoms with Gasteiger partial charge in [-0.2, -0.15) is 0 Å². The third kappa shape index (κ3) is 3.00. The number of methoxy groups -OCH3 is 1. The molecule has 1 aliphatic rings. The maximum Gasteiger partial charge on any atom is 0.0678 e. The number of ether oxygens (including phenoxy) is 1. The van der Waals surface area contributed by atoms with Crippen LogP contribution in [0.5, 0.6) is 0 Å². The topological polar surface area (TPSA) is 24.5 Å². The van der Waals surface area contributed by atoms with Crippen molar-refractivity contribution < 1.29 is 4.74 Å². The summed E-state index contributed by atoms with van der Waals surface area (Å²) in [6.45, 7) is 5.90. The number of aryl methyl sites for hydroxylation is 1. The molecule has 1 unspecified atom stereocenters. The van der Waals surface area contributed by atoms with Gasteiger partial charge in [-0.3, -0.25) is 0 Å². The van der Waals surface area contributed by atoms with Crippen molar-refractivity contribution in [2.75, 3.05) is 38.3 Å². The summed E-state index contributed by atoms with van der Waals surface area (Å²) in [5.74, 6) is 0. The van der Waals surface area contributed by atoms with Gasteiger partial charge in [0.05, 0.1) is 18.3 Å².